The van der Waals surface area contributed by atoms with E-state index in [1.165, 1.54) is 0 Å². The molecular formula is C8H9BrO3. The number of rotatable bonds is 3. The van der Waals surface area contributed by atoms with Crippen molar-refractivity contribution in [1.29, 1.82) is 0 Å². The highest BCUT2D eigenvalue weighted by Gasteiger charge is 2.14. The van der Waals surface area contributed by atoms with Crippen molar-refractivity contribution in [3.63, 3.8) is 0 Å². The first-order valence-corrected chi connectivity index (χ1v) is 4.34. The van der Waals surface area contributed by atoms with Crippen LogP contribution in [0.3, 0.4) is 0 Å². The lowest BCUT2D eigenvalue weighted by Crippen LogP contribution is -2.11. The number of halogens is 1. The Bertz CT molecular complexity index is 280. The first-order valence-electron chi connectivity index (χ1n) is 3.54. The Morgan fingerprint density at radius 1 is 1.75 bits per heavy atom. The summed E-state index contributed by atoms with van der Waals surface area (Å²) in [5.74, 6) is -1.16. The van der Waals surface area contributed by atoms with Gasteiger partial charge in [-0.3, -0.25) is 4.79 Å². The molecule has 0 bridgehead atoms. The minimum Gasteiger partial charge on any atom is -0.481 e. The van der Waals surface area contributed by atoms with Crippen molar-refractivity contribution in [1.82, 2.24) is 0 Å². The van der Waals surface area contributed by atoms with Gasteiger partial charge < -0.3 is 9.52 Å². The fraction of sp³-hybridized carbons (Fsp3) is 0.375. The Hall–Kier alpha value is -0.770. The third-order valence-electron chi connectivity index (χ3n) is 1.64. The van der Waals surface area contributed by atoms with E-state index in [-0.39, 0.29) is 5.92 Å². The monoisotopic (exact) mass is 232 g/mol. The molecule has 0 aliphatic heterocycles. The van der Waals surface area contributed by atoms with Crippen LogP contribution in [0.1, 0.15) is 12.5 Å². The number of hydrogen-bond donors (Lipinski definition) is 1. The molecule has 1 aromatic rings. The van der Waals surface area contributed by atoms with Gasteiger partial charge in [-0.15, -0.1) is 0 Å². The topological polar surface area (TPSA) is 50.4 Å². The van der Waals surface area contributed by atoms with Gasteiger partial charge in [0.25, 0.3) is 0 Å². The fourth-order valence-corrected chi connectivity index (χ4v) is 1.23. The molecule has 1 aromatic heterocycles. The molecule has 1 heterocycles. The predicted molar refractivity (Wildman–Crippen MR) is 46.9 cm³/mol. The molecule has 0 saturated heterocycles. The van der Waals surface area contributed by atoms with Crippen LogP contribution in [0, 0.1) is 5.92 Å². The molecule has 4 heteroatoms. The molecule has 3 nitrogen and oxygen atoms in total. The first-order chi connectivity index (χ1) is 5.61. The zero-order valence-electron chi connectivity index (χ0n) is 6.58. The van der Waals surface area contributed by atoms with Gasteiger partial charge in [-0.2, -0.15) is 0 Å². The van der Waals surface area contributed by atoms with Crippen LogP contribution in [-0.4, -0.2) is 11.1 Å². The quantitative estimate of drug-likeness (QED) is 0.871. The summed E-state index contributed by atoms with van der Waals surface area (Å²) in [7, 11) is 0. The molecule has 12 heavy (non-hydrogen) atoms. The molecule has 1 rings (SSSR count). The predicted octanol–water partition coefficient (Wildman–Crippen LogP) is 2.31. The molecular weight excluding hydrogens is 224 g/mol. The van der Waals surface area contributed by atoms with Crippen LogP contribution in [0.15, 0.2) is 21.4 Å². The fourth-order valence-electron chi connectivity index (χ4n) is 0.871. The maximum absolute atomic E-state index is 10.5. The molecule has 1 N–H and O–H groups in total. The van der Waals surface area contributed by atoms with E-state index < -0.39 is 5.97 Å². The Kier molecular flexibility index (Phi) is 2.92. The molecule has 0 fully saturated rings. The van der Waals surface area contributed by atoms with E-state index in [1.807, 2.05) is 0 Å². The van der Waals surface area contributed by atoms with Crippen molar-refractivity contribution in [3.05, 3.63) is 22.6 Å². The SMILES string of the molecule is CC(Cc1cocc1Br)C(=O)O. The van der Waals surface area contributed by atoms with Crippen molar-refractivity contribution < 1.29 is 14.3 Å². The number of hydrogen-bond acceptors (Lipinski definition) is 2. The highest BCUT2D eigenvalue weighted by atomic mass is 79.9. The third-order valence-corrected chi connectivity index (χ3v) is 2.33. The van der Waals surface area contributed by atoms with Gasteiger partial charge in [0.1, 0.15) is 6.26 Å². The number of carboxylic acid groups (broad SMARTS) is 1. The largest absolute Gasteiger partial charge is 0.481 e. The molecule has 66 valence electrons. The van der Waals surface area contributed by atoms with E-state index in [0.29, 0.717) is 6.42 Å². The second-order valence-electron chi connectivity index (χ2n) is 2.69. The van der Waals surface area contributed by atoms with Gasteiger partial charge in [0.05, 0.1) is 16.7 Å². The van der Waals surface area contributed by atoms with Crippen LogP contribution in [0.4, 0.5) is 0 Å². The molecule has 0 amide bonds. The molecule has 0 aromatic carbocycles. The van der Waals surface area contributed by atoms with E-state index >= 15 is 0 Å². The number of furan rings is 1. The van der Waals surface area contributed by atoms with Crippen molar-refractivity contribution in [3.8, 4) is 0 Å². The molecule has 0 radical (unpaired) electrons. The molecule has 0 saturated carbocycles. The molecule has 0 aliphatic rings. The first kappa shape index (κ1) is 9.32. The summed E-state index contributed by atoms with van der Waals surface area (Å²) in [6, 6.07) is 0. The highest BCUT2D eigenvalue weighted by Crippen LogP contribution is 2.20. The van der Waals surface area contributed by atoms with E-state index in [0.717, 1.165) is 10.0 Å². The normalized spacial score (nSPS) is 12.8. The Labute approximate surface area is 78.5 Å². The van der Waals surface area contributed by atoms with Crippen molar-refractivity contribution >= 4 is 21.9 Å². The van der Waals surface area contributed by atoms with Gasteiger partial charge in [-0.25, -0.2) is 0 Å². The highest BCUT2D eigenvalue weighted by molar-refractivity contribution is 9.10. The Morgan fingerprint density at radius 3 is 2.83 bits per heavy atom. The summed E-state index contributed by atoms with van der Waals surface area (Å²) in [5.41, 5.74) is 0.893. The minimum atomic E-state index is -0.789. The molecule has 1 unspecified atom stereocenters. The third kappa shape index (κ3) is 2.11. The van der Waals surface area contributed by atoms with Crippen LogP contribution >= 0.6 is 15.9 Å². The van der Waals surface area contributed by atoms with Gasteiger partial charge in [-0.1, -0.05) is 6.92 Å². The summed E-state index contributed by atoms with van der Waals surface area (Å²) in [6.07, 6.45) is 3.60. The summed E-state index contributed by atoms with van der Waals surface area (Å²) >= 11 is 3.26. The van der Waals surface area contributed by atoms with E-state index in [2.05, 4.69) is 15.9 Å². The smallest absolute Gasteiger partial charge is 0.306 e. The Morgan fingerprint density at radius 2 is 2.42 bits per heavy atom. The molecule has 1 atom stereocenters. The number of carboxylic acids is 1. The maximum Gasteiger partial charge on any atom is 0.306 e. The van der Waals surface area contributed by atoms with Gasteiger partial charge in [-0.05, 0) is 22.4 Å². The average Bonchev–Trinajstić information content (AvgIpc) is 2.36. The van der Waals surface area contributed by atoms with E-state index in [4.69, 9.17) is 9.52 Å². The van der Waals surface area contributed by atoms with E-state index in [1.54, 1.807) is 19.5 Å². The van der Waals surface area contributed by atoms with Crippen LogP contribution < -0.4 is 0 Å². The maximum atomic E-state index is 10.5. The van der Waals surface area contributed by atoms with Crippen LogP contribution in [-0.2, 0) is 11.2 Å². The van der Waals surface area contributed by atoms with Gasteiger partial charge >= 0.3 is 5.97 Å². The Balaban J connectivity index is 2.64. The summed E-state index contributed by atoms with van der Waals surface area (Å²) in [5, 5.41) is 8.63. The van der Waals surface area contributed by atoms with Gasteiger partial charge in [0, 0.05) is 5.56 Å². The van der Waals surface area contributed by atoms with Crippen LogP contribution in [0.25, 0.3) is 0 Å². The lowest BCUT2D eigenvalue weighted by atomic mass is 10.0. The zero-order valence-corrected chi connectivity index (χ0v) is 8.17. The summed E-state index contributed by atoms with van der Waals surface area (Å²) < 4.78 is 5.72. The van der Waals surface area contributed by atoms with E-state index in [9.17, 15) is 4.79 Å². The lowest BCUT2D eigenvalue weighted by molar-refractivity contribution is -0.141. The van der Waals surface area contributed by atoms with Crippen LogP contribution in [0.5, 0.6) is 0 Å². The molecule has 0 spiro atoms. The van der Waals surface area contributed by atoms with Crippen LogP contribution in [0.2, 0.25) is 0 Å². The van der Waals surface area contributed by atoms with Crippen molar-refractivity contribution in [2.75, 3.05) is 0 Å². The zero-order chi connectivity index (χ0) is 9.14. The standard InChI is InChI=1S/C8H9BrO3/c1-5(8(10)11)2-6-3-12-4-7(6)9/h3-5H,2H2,1H3,(H,10,11). The number of aliphatic carboxylic acids is 1. The van der Waals surface area contributed by atoms with Crippen molar-refractivity contribution in [2.45, 2.75) is 13.3 Å². The summed E-state index contributed by atoms with van der Waals surface area (Å²) in [4.78, 5) is 10.5. The number of carbonyl (C=O) groups is 1. The second-order valence-corrected chi connectivity index (χ2v) is 3.54. The lowest BCUT2D eigenvalue weighted by Gasteiger charge is -2.02. The molecule has 0 aliphatic carbocycles. The summed E-state index contributed by atoms with van der Waals surface area (Å²) in [6.45, 7) is 1.67. The second kappa shape index (κ2) is 3.76. The van der Waals surface area contributed by atoms with Crippen molar-refractivity contribution in [2.24, 2.45) is 5.92 Å². The van der Waals surface area contributed by atoms with Gasteiger partial charge in [0.2, 0.25) is 0 Å². The minimum absolute atomic E-state index is 0.376. The van der Waals surface area contributed by atoms with Gasteiger partial charge in [0.15, 0.2) is 0 Å². The average molecular weight is 233 g/mol.